The molecule has 0 radical (unpaired) electrons. The van der Waals surface area contributed by atoms with Crippen molar-refractivity contribution in [2.75, 3.05) is 5.73 Å². The van der Waals surface area contributed by atoms with E-state index in [1.807, 2.05) is 11.7 Å². The normalized spacial score (nSPS) is 19.7. The zero-order valence-corrected chi connectivity index (χ0v) is 10.0. The summed E-state index contributed by atoms with van der Waals surface area (Å²) >= 11 is 0. The minimum absolute atomic E-state index is 0.278. The Bertz CT molecular complexity index is 359. The molecule has 0 aromatic carbocycles. The highest BCUT2D eigenvalue weighted by molar-refractivity contribution is 5.46. The molecular formula is C12H21N3. The maximum Gasteiger partial charge on any atom is 0.124 e. The van der Waals surface area contributed by atoms with Gasteiger partial charge < -0.3 is 5.73 Å². The van der Waals surface area contributed by atoms with Gasteiger partial charge in [0.2, 0.25) is 0 Å². The second kappa shape index (κ2) is 3.54. The van der Waals surface area contributed by atoms with Crippen LogP contribution in [0.3, 0.4) is 0 Å². The summed E-state index contributed by atoms with van der Waals surface area (Å²) in [5, 5.41) is 4.63. The number of aromatic nitrogens is 2. The minimum atomic E-state index is 0.278. The van der Waals surface area contributed by atoms with Crippen LogP contribution >= 0.6 is 0 Å². The molecule has 1 aromatic heterocycles. The standard InChI is InChI=1S/C12H21N3/c1-4-9-10(14-15(3)11(9)13)12(2)7-5-6-8-12/h4-8,13H2,1-3H3. The van der Waals surface area contributed by atoms with Crippen LogP contribution in [0.4, 0.5) is 5.82 Å². The van der Waals surface area contributed by atoms with E-state index < -0.39 is 0 Å². The second-order valence-electron chi connectivity index (χ2n) is 4.96. The Morgan fingerprint density at radius 1 is 1.40 bits per heavy atom. The predicted molar refractivity (Wildman–Crippen MR) is 62.8 cm³/mol. The van der Waals surface area contributed by atoms with Gasteiger partial charge in [-0.15, -0.1) is 0 Å². The molecule has 1 saturated carbocycles. The van der Waals surface area contributed by atoms with Crippen molar-refractivity contribution >= 4 is 5.82 Å². The fourth-order valence-corrected chi connectivity index (χ4v) is 2.81. The number of aryl methyl sites for hydroxylation is 1. The molecule has 0 spiro atoms. The summed E-state index contributed by atoms with van der Waals surface area (Å²) in [7, 11) is 1.94. The SMILES string of the molecule is CCc1c(C2(C)CCCC2)nn(C)c1N. The smallest absolute Gasteiger partial charge is 0.124 e. The number of nitrogen functional groups attached to an aromatic ring is 1. The molecule has 3 heteroatoms. The largest absolute Gasteiger partial charge is 0.384 e. The highest BCUT2D eigenvalue weighted by Crippen LogP contribution is 2.42. The highest BCUT2D eigenvalue weighted by atomic mass is 15.3. The first kappa shape index (κ1) is 10.5. The summed E-state index contributed by atoms with van der Waals surface area (Å²) < 4.78 is 1.83. The van der Waals surface area contributed by atoms with E-state index in [0.29, 0.717) is 0 Å². The number of nitrogens with two attached hydrogens (primary N) is 1. The van der Waals surface area contributed by atoms with E-state index in [-0.39, 0.29) is 5.41 Å². The molecule has 2 N–H and O–H groups in total. The molecule has 1 heterocycles. The van der Waals surface area contributed by atoms with Gasteiger partial charge in [0.25, 0.3) is 0 Å². The Morgan fingerprint density at radius 3 is 2.53 bits per heavy atom. The number of hydrogen-bond acceptors (Lipinski definition) is 2. The molecule has 0 atom stereocenters. The topological polar surface area (TPSA) is 43.8 Å². The second-order valence-corrected chi connectivity index (χ2v) is 4.96. The van der Waals surface area contributed by atoms with E-state index in [2.05, 4.69) is 18.9 Å². The van der Waals surface area contributed by atoms with Crippen molar-refractivity contribution in [3.05, 3.63) is 11.3 Å². The van der Waals surface area contributed by atoms with Gasteiger partial charge in [-0.3, -0.25) is 4.68 Å². The van der Waals surface area contributed by atoms with Crippen LogP contribution in [0, 0.1) is 0 Å². The molecule has 0 unspecified atom stereocenters. The van der Waals surface area contributed by atoms with E-state index in [9.17, 15) is 0 Å². The molecule has 1 aliphatic rings. The maximum absolute atomic E-state index is 6.04. The maximum atomic E-state index is 6.04. The van der Waals surface area contributed by atoms with Gasteiger partial charge in [-0.05, 0) is 19.3 Å². The Hall–Kier alpha value is -0.990. The summed E-state index contributed by atoms with van der Waals surface area (Å²) in [5.41, 5.74) is 8.84. The van der Waals surface area contributed by atoms with Crippen molar-refractivity contribution < 1.29 is 0 Å². The predicted octanol–water partition coefficient (Wildman–Crippen LogP) is 2.40. The van der Waals surface area contributed by atoms with Gasteiger partial charge >= 0.3 is 0 Å². The lowest BCUT2D eigenvalue weighted by molar-refractivity contribution is 0.464. The van der Waals surface area contributed by atoms with Crippen molar-refractivity contribution in [2.45, 2.75) is 51.4 Å². The average Bonchev–Trinajstić information content (AvgIpc) is 2.75. The van der Waals surface area contributed by atoms with Gasteiger partial charge in [0.1, 0.15) is 5.82 Å². The Morgan fingerprint density at radius 2 is 2.00 bits per heavy atom. The fourth-order valence-electron chi connectivity index (χ4n) is 2.81. The third-order valence-electron chi connectivity index (χ3n) is 3.83. The molecule has 84 valence electrons. The fraction of sp³-hybridized carbons (Fsp3) is 0.750. The van der Waals surface area contributed by atoms with E-state index in [4.69, 9.17) is 5.73 Å². The van der Waals surface area contributed by atoms with Crippen LogP contribution in [0.5, 0.6) is 0 Å². The van der Waals surface area contributed by atoms with Crippen molar-refractivity contribution in [1.82, 2.24) is 9.78 Å². The number of anilines is 1. The molecule has 2 rings (SSSR count). The third-order valence-corrected chi connectivity index (χ3v) is 3.83. The molecule has 3 nitrogen and oxygen atoms in total. The van der Waals surface area contributed by atoms with Gasteiger partial charge in [0.15, 0.2) is 0 Å². The zero-order chi connectivity index (χ0) is 11.1. The van der Waals surface area contributed by atoms with Crippen LogP contribution in [0.1, 0.15) is 50.8 Å². The van der Waals surface area contributed by atoms with Crippen LogP contribution in [-0.2, 0) is 18.9 Å². The first-order chi connectivity index (χ1) is 7.08. The lowest BCUT2D eigenvalue weighted by atomic mass is 9.82. The number of nitrogens with zero attached hydrogens (tertiary/aromatic N) is 2. The van der Waals surface area contributed by atoms with Crippen LogP contribution < -0.4 is 5.73 Å². The summed E-state index contributed by atoms with van der Waals surface area (Å²) in [6.07, 6.45) is 6.17. The van der Waals surface area contributed by atoms with E-state index in [1.54, 1.807) is 0 Å². The summed E-state index contributed by atoms with van der Waals surface area (Å²) in [6, 6.07) is 0. The zero-order valence-electron chi connectivity index (χ0n) is 10.0. The quantitative estimate of drug-likeness (QED) is 0.809. The summed E-state index contributed by atoms with van der Waals surface area (Å²) in [6.45, 7) is 4.50. The van der Waals surface area contributed by atoms with Crippen molar-refractivity contribution in [1.29, 1.82) is 0 Å². The first-order valence-corrected chi connectivity index (χ1v) is 5.90. The van der Waals surface area contributed by atoms with Gasteiger partial charge in [-0.1, -0.05) is 26.7 Å². The van der Waals surface area contributed by atoms with Crippen molar-refractivity contribution in [3.63, 3.8) is 0 Å². The molecule has 1 aromatic rings. The summed E-state index contributed by atoms with van der Waals surface area (Å²) in [5.74, 6) is 0.848. The van der Waals surface area contributed by atoms with Gasteiger partial charge in [0, 0.05) is 18.0 Å². The average molecular weight is 207 g/mol. The number of hydrogen-bond donors (Lipinski definition) is 1. The Balaban J connectivity index is 2.47. The van der Waals surface area contributed by atoms with Gasteiger partial charge in [-0.25, -0.2) is 0 Å². The van der Waals surface area contributed by atoms with Gasteiger partial charge in [-0.2, -0.15) is 5.10 Å². The highest BCUT2D eigenvalue weighted by Gasteiger charge is 2.35. The molecule has 1 fully saturated rings. The lowest BCUT2D eigenvalue weighted by Gasteiger charge is -2.22. The monoisotopic (exact) mass is 207 g/mol. The molecule has 0 bridgehead atoms. The van der Waals surface area contributed by atoms with Crippen molar-refractivity contribution in [2.24, 2.45) is 7.05 Å². The van der Waals surface area contributed by atoms with Crippen LogP contribution in [0.15, 0.2) is 0 Å². The van der Waals surface area contributed by atoms with E-state index in [0.717, 1.165) is 12.2 Å². The lowest BCUT2D eigenvalue weighted by Crippen LogP contribution is -2.19. The molecule has 0 aliphatic heterocycles. The Labute approximate surface area is 91.7 Å². The number of rotatable bonds is 2. The molecule has 0 saturated heterocycles. The first-order valence-electron chi connectivity index (χ1n) is 5.90. The van der Waals surface area contributed by atoms with Crippen LogP contribution in [0.2, 0.25) is 0 Å². The van der Waals surface area contributed by atoms with Crippen LogP contribution in [-0.4, -0.2) is 9.78 Å². The van der Waals surface area contributed by atoms with E-state index in [1.165, 1.54) is 36.9 Å². The van der Waals surface area contributed by atoms with E-state index >= 15 is 0 Å². The molecule has 0 amide bonds. The Kier molecular flexibility index (Phi) is 2.49. The molecule has 1 aliphatic carbocycles. The molecular weight excluding hydrogens is 186 g/mol. The van der Waals surface area contributed by atoms with Crippen LogP contribution in [0.25, 0.3) is 0 Å². The minimum Gasteiger partial charge on any atom is -0.384 e. The molecule has 15 heavy (non-hydrogen) atoms. The van der Waals surface area contributed by atoms with Crippen molar-refractivity contribution in [3.8, 4) is 0 Å². The van der Waals surface area contributed by atoms with Gasteiger partial charge in [0.05, 0.1) is 5.69 Å². The third kappa shape index (κ3) is 1.54. The summed E-state index contributed by atoms with van der Waals surface area (Å²) in [4.78, 5) is 0.